The predicted molar refractivity (Wildman–Crippen MR) is 125 cm³/mol. The highest BCUT2D eigenvalue weighted by atomic mass is 35.5. The highest BCUT2D eigenvalue weighted by Crippen LogP contribution is 2.33. The van der Waals surface area contributed by atoms with Crippen molar-refractivity contribution in [3.8, 4) is 11.4 Å². The van der Waals surface area contributed by atoms with Crippen LogP contribution in [0.4, 0.5) is 4.79 Å². The number of likely N-dealkylation sites (N-methyl/N-ethyl adjacent to an activating group) is 1. The van der Waals surface area contributed by atoms with Crippen LogP contribution >= 0.6 is 23.4 Å². The number of hydrogen-bond acceptors (Lipinski definition) is 4. The average molecular weight is 453 g/mol. The van der Waals surface area contributed by atoms with Crippen molar-refractivity contribution in [1.29, 1.82) is 0 Å². The molecule has 1 aliphatic rings. The minimum Gasteiger partial charge on any atom is -0.489 e. The number of imide groups is 1. The normalized spacial score (nSPS) is 15.2. The molecule has 31 heavy (non-hydrogen) atoms. The van der Waals surface area contributed by atoms with Gasteiger partial charge in [-0.05, 0) is 73.6 Å². The van der Waals surface area contributed by atoms with Gasteiger partial charge in [0.25, 0.3) is 11.1 Å². The van der Waals surface area contributed by atoms with Gasteiger partial charge in [0.2, 0.25) is 0 Å². The van der Waals surface area contributed by atoms with E-state index in [2.05, 4.69) is 4.57 Å². The number of hydrogen-bond donors (Lipinski definition) is 0. The summed E-state index contributed by atoms with van der Waals surface area (Å²) in [5, 5.41) is 0.434. The van der Waals surface area contributed by atoms with E-state index in [1.54, 1.807) is 6.08 Å². The number of halogens is 1. The van der Waals surface area contributed by atoms with Gasteiger partial charge in [-0.25, -0.2) is 0 Å². The molecule has 1 aliphatic heterocycles. The zero-order valence-corrected chi connectivity index (χ0v) is 19.0. The first-order valence-corrected chi connectivity index (χ1v) is 10.9. The van der Waals surface area contributed by atoms with Gasteiger partial charge in [0, 0.05) is 34.7 Å². The maximum Gasteiger partial charge on any atom is 0.293 e. The van der Waals surface area contributed by atoms with E-state index >= 15 is 0 Å². The number of amides is 2. The van der Waals surface area contributed by atoms with Crippen LogP contribution in [-0.2, 0) is 11.4 Å². The van der Waals surface area contributed by atoms with Gasteiger partial charge in [-0.1, -0.05) is 29.8 Å². The van der Waals surface area contributed by atoms with Crippen LogP contribution in [0.5, 0.6) is 5.75 Å². The molecule has 3 aromatic rings. The summed E-state index contributed by atoms with van der Waals surface area (Å²) < 4.78 is 7.98. The second kappa shape index (κ2) is 8.65. The third kappa shape index (κ3) is 4.27. The fourth-order valence-electron chi connectivity index (χ4n) is 3.49. The number of aromatic nitrogens is 1. The quantitative estimate of drug-likeness (QED) is 0.446. The average Bonchev–Trinajstić information content (AvgIpc) is 3.17. The molecule has 2 heterocycles. The minimum absolute atomic E-state index is 0.252. The Labute approximate surface area is 190 Å². The molecule has 2 amide bonds. The summed E-state index contributed by atoms with van der Waals surface area (Å²) in [6.45, 7) is 4.41. The molecule has 1 aromatic heterocycles. The molecular formula is C24H21ClN2O3S. The molecule has 1 fully saturated rings. The molecule has 4 rings (SSSR count). The molecule has 0 N–H and O–H groups in total. The second-order valence-corrected chi connectivity index (χ2v) is 8.68. The second-order valence-electron chi connectivity index (χ2n) is 7.28. The molecule has 0 unspecified atom stereocenters. The lowest BCUT2D eigenvalue weighted by atomic mass is 10.2. The van der Waals surface area contributed by atoms with E-state index < -0.39 is 0 Å². The van der Waals surface area contributed by atoms with Crippen molar-refractivity contribution in [2.24, 2.45) is 0 Å². The van der Waals surface area contributed by atoms with Gasteiger partial charge < -0.3 is 9.30 Å². The summed E-state index contributed by atoms with van der Waals surface area (Å²) >= 11 is 7.15. The van der Waals surface area contributed by atoms with Crippen molar-refractivity contribution >= 4 is 40.6 Å². The fourth-order valence-corrected chi connectivity index (χ4v) is 4.49. The number of carbonyl (C=O) groups is 2. The minimum atomic E-state index is -0.264. The van der Waals surface area contributed by atoms with Gasteiger partial charge in [0.05, 0.1) is 4.91 Å². The maximum absolute atomic E-state index is 12.2. The first-order chi connectivity index (χ1) is 14.8. The molecule has 0 radical (unpaired) electrons. The number of ether oxygens (including phenoxy) is 1. The van der Waals surface area contributed by atoms with E-state index in [0.29, 0.717) is 16.5 Å². The molecule has 0 spiro atoms. The van der Waals surface area contributed by atoms with Crippen molar-refractivity contribution in [1.82, 2.24) is 9.47 Å². The summed E-state index contributed by atoms with van der Waals surface area (Å²) in [5.41, 5.74) is 4.86. The summed E-state index contributed by atoms with van der Waals surface area (Å²) in [6, 6.07) is 17.5. The number of thioether (sulfide) groups is 1. The van der Waals surface area contributed by atoms with Crippen LogP contribution < -0.4 is 4.74 Å². The van der Waals surface area contributed by atoms with Crippen molar-refractivity contribution in [2.75, 3.05) is 7.05 Å². The first-order valence-electron chi connectivity index (χ1n) is 9.72. The number of rotatable bonds is 5. The largest absolute Gasteiger partial charge is 0.489 e. The molecule has 5 nitrogen and oxygen atoms in total. The molecule has 2 aromatic carbocycles. The Hall–Kier alpha value is -2.96. The number of benzene rings is 2. The number of nitrogens with zero attached hydrogens (tertiary/aromatic N) is 2. The van der Waals surface area contributed by atoms with Gasteiger partial charge in [-0.15, -0.1) is 0 Å². The van der Waals surface area contributed by atoms with Gasteiger partial charge in [0.1, 0.15) is 12.4 Å². The Morgan fingerprint density at radius 3 is 2.42 bits per heavy atom. The summed E-state index contributed by atoms with van der Waals surface area (Å²) in [5.74, 6) is 0.489. The van der Waals surface area contributed by atoms with Crippen LogP contribution in [0.25, 0.3) is 11.8 Å². The zero-order chi connectivity index (χ0) is 22.1. The molecular weight excluding hydrogens is 432 g/mol. The Bertz CT molecular complexity index is 1200. The molecule has 0 aliphatic carbocycles. The molecule has 0 bridgehead atoms. The summed E-state index contributed by atoms with van der Waals surface area (Å²) in [7, 11) is 1.50. The molecule has 0 saturated carbocycles. The van der Waals surface area contributed by atoms with E-state index in [4.69, 9.17) is 16.3 Å². The van der Waals surface area contributed by atoms with E-state index in [1.807, 2.05) is 68.4 Å². The molecule has 0 atom stereocenters. The molecule has 7 heteroatoms. The van der Waals surface area contributed by atoms with Crippen molar-refractivity contribution < 1.29 is 14.3 Å². The van der Waals surface area contributed by atoms with Gasteiger partial charge in [-0.3, -0.25) is 14.5 Å². The van der Waals surface area contributed by atoms with Crippen molar-refractivity contribution in [3.63, 3.8) is 0 Å². The Balaban J connectivity index is 1.54. The van der Waals surface area contributed by atoms with E-state index in [9.17, 15) is 9.59 Å². The molecule has 158 valence electrons. The van der Waals surface area contributed by atoms with Gasteiger partial charge in [0.15, 0.2) is 0 Å². The lowest BCUT2D eigenvalue weighted by Crippen LogP contribution is -2.22. The standard InChI is InChI=1S/C24H21ClN2O3S/c1-15-12-18(13-22-23(28)26(3)24(29)31-22)16(2)27(15)19-8-10-20(11-9-19)30-14-17-6-4-5-7-21(17)25/h4-13H,14H2,1-3H3/b22-13-. The fraction of sp³-hybridized carbons (Fsp3) is 0.167. The van der Waals surface area contributed by atoms with Crippen LogP contribution in [0.15, 0.2) is 59.5 Å². The van der Waals surface area contributed by atoms with E-state index in [0.717, 1.165) is 50.6 Å². The Morgan fingerprint density at radius 2 is 1.77 bits per heavy atom. The lowest BCUT2D eigenvalue weighted by molar-refractivity contribution is -0.121. The Morgan fingerprint density at radius 1 is 1.06 bits per heavy atom. The summed E-state index contributed by atoms with van der Waals surface area (Å²) in [6.07, 6.45) is 1.79. The van der Waals surface area contributed by atoms with Crippen LogP contribution in [0.1, 0.15) is 22.5 Å². The monoisotopic (exact) mass is 452 g/mol. The third-order valence-corrected chi connectivity index (χ3v) is 6.52. The van der Waals surface area contributed by atoms with E-state index in [1.165, 1.54) is 7.05 Å². The highest BCUT2D eigenvalue weighted by Gasteiger charge is 2.32. The lowest BCUT2D eigenvalue weighted by Gasteiger charge is -2.12. The van der Waals surface area contributed by atoms with Crippen LogP contribution in [0.3, 0.4) is 0 Å². The predicted octanol–water partition coefficient (Wildman–Crippen LogP) is 5.99. The third-order valence-electron chi connectivity index (χ3n) is 5.19. The van der Waals surface area contributed by atoms with Crippen LogP contribution in [-0.4, -0.2) is 27.7 Å². The van der Waals surface area contributed by atoms with E-state index in [-0.39, 0.29) is 11.1 Å². The van der Waals surface area contributed by atoms with Crippen molar-refractivity contribution in [3.05, 3.63) is 87.0 Å². The van der Waals surface area contributed by atoms with Gasteiger partial charge >= 0.3 is 0 Å². The molecule has 1 saturated heterocycles. The topological polar surface area (TPSA) is 51.5 Å². The van der Waals surface area contributed by atoms with Crippen LogP contribution in [0, 0.1) is 13.8 Å². The summed E-state index contributed by atoms with van der Waals surface area (Å²) in [4.78, 5) is 25.5. The maximum atomic E-state index is 12.2. The van der Waals surface area contributed by atoms with Crippen molar-refractivity contribution in [2.45, 2.75) is 20.5 Å². The zero-order valence-electron chi connectivity index (χ0n) is 17.4. The first kappa shape index (κ1) is 21.3. The SMILES string of the molecule is Cc1cc(/C=C2\SC(=O)N(C)C2=O)c(C)n1-c1ccc(OCc2ccccc2Cl)cc1. The Kier molecular flexibility index (Phi) is 5.94. The van der Waals surface area contributed by atoms with Crippen LogP contribution in [0.2, 0.25) is 5.02 Å². The number of aryl methyl sites for hydroxylation is 1. The number of carbonyl (C=O) groups excluding carboxylic acids is 2. The smallest absolute Gasteiger partial charge is 0.293 e. The van der Waals surface area contributed by atoms with Gasteiger partial charge in [-0.2, -0.15) is 0 Å². The highest BCUT2D eigenvalue weighted by molar-refractivity contribution is 8.18.